The van der Waals surface area contributed by atoms with Crippen molar-refractivity contribution in [1.82, 2.24) is 9.38 Å². The maximum Gasteiger partial charge on any atom is 0.304 e. The first-order valence-corrected chi connectivity index (χ1v) is 10.3. The molecule has 0 saturated heterocycles. The second-order valence-corrected chi connectivity index (χ2v) is 8.17. The number of hydrogen-bond acceptors (Lipinski definition) is 4. The van der Waals surface area contributed by atoms with Crippen LogP contribution in [0.4, 0.5) is 0 Å². The van der Waals surface area contributed by atoms with E-state index in [0.717, 1.165) is 22.8 Å². The molecule has 0 aliphatic carbocycles. The second kappa shape index (κ2) is 7.13. The van der Waals surface area contributed by atoms with Gasteiger partial charge in [-0.2, -0.15) is 0 Å². The minimum absolute atomic E-state index is 0.137. The molecule has 1 N–H and O–H groups in total. The third-order valence-electron chi connectivity index (χ3n) is 4.39. The zero-order valence-electron chi connectivity index (χ0n) is 14.3. The summed E-state index contributed by atoms with van der Waals surface area (Å²) in [6.45, 7) is 2.15. The number of hydrogen-bond donors (Lipinski definition) is 1. The summed E-state index contributed by atoms with van der Waals surface area (Å²) in [5.74, 6) is -0.252. The van der Waals surface area contributed by atoms with Crippen molar-refractivity contribution in [2.24, 2.45) is 0 Å². The number of aromatic nitrogens is 2. The molecule has 4 aromatic rings. The van der Waals surface area contributed by atoms with Crippen molar-refractivity contribution in [3.8, 4) is 0 Å². The molecular weight excluding hydrogens is 364 g/mol. The average Bonchev–Trinajstić information content (AvgIpc) is 3.18. The number of carbonyl (C=O) groups is 1. The number of aryl methyl sites for hydroxylation is 1. The smallest absolute Gasteiger partial charge is 0.304 e. The van der Waals surface area contributed by atoms with Crippen LogP contribution in [0.25, 0.3) is 15.7 Å². The first-order valence-electron chi connectivity index (χ1n) is 8.40. The monoisotopic (exact) mass is 382 g/mol. The SMILES string of the molecule is Cc1cccc2scc(Cc3c(SCCC(=O)O)nc4ccccn34)c12. The summed E-state index contributed by atoms with van der Waals surface area (Å²) >= 11 is 3.29. The van der Waals surface area contributed by atoms with E-state index in [2.05, 4.69) is 34.9 Å². The topological polar surface area (TPSA) is 54.6 Å². The van der Waals surface area contributed by atoms with Gasteiger partial charge in [-0.05, 0) is 47.0 Å². The fraction of sp³-hybridized carbons (Fsp3) is 0.200. The van der Waals surface area contributed by atoms with Crippen LogP contribution in [0.2, 0.25) is 0 Å². The lowest BCUT2D eigenvalue weighted by Crippen LogP contribution is -1.98. The molecule has 6 heteroatoms. The number of imidazole rings is 1. The summed E-state index contributed by atoms with van der Waals surface area (Å²) in [7, 11) is 0. The van der Waals surface area contributed by atoms with Crippen LogP contribution >= 0.6 is 23.1 Å². The summed E-state index contributed by atoms with van der Waals surface area (Å²) in [6, 6.07) is 12.4. The lowest BCUT2D eigenvalue weighted by molar-refractivity contribution is -0.136. The Morgan fingerprint density at radius 3 is 3.00 bits per heavy atom. The highest BCUT2D eigenvalue weighted by molar-refractivity contribution is 7.99. The van der Waals surface area contributed by atoms with Crippen molar-refractivity contribution < 1.29 is 9.90 Å². The molecule has 26 heavy (non-hydrogen) atoms. The number of thiophene rings is 1. The van der Waals surface area contributed by atoms with E-state index in [-0.39, 0.29) is 6.42 Å². The Morgan fingerprint density at radius 1 is 1.27 bits per heavy atom. The second-order valence-electron chi connectivity index (χ2n) is 6.17. The molecule has 1 aromatic carbocycles. The van der Waals surface area contributed by atoms with Gasteiger partial charge in [0.25, 0.3) is 0 Å². The minimum Gasteiger partial charge on any atom is -0.481 e. The van der Waals surface area contributed by atoms with Gasteiger partial charge in [-0.1, -0.05) is 18.2 Å². The van der Waals surface area contributed by atoms with E-state index in [1.165, 1.54) is 33.0 Å². The van der Waals surface area contributed by atoms with Crippen LogP contribution in [0.3, 0.4) is 0 Å². The number of carboxylic acid groups (broad SMARTS) is 1. The van der Waals surface area contributed by atoms with Gasteiger partial charge in [0.05, 0.1) is 12.1 Å². The van der Waals surface area contributed by atoms with E-state index in [1.54, 1.807) is 11.3 Å². The molecule has 0 fully saturated rings. The van der Waals surface area contributed by atoms with E-state index >= 15 is 0 Å². The number of carboxylic acids is 1. The van der Waals surface area contributed by atoms with Crippen LogP contribution in [0, 0.1) is 6.92 Å². The van der Waals surface area contributed by atoms with E-state index in [4.69, 9.17) is 10.1 Å². The fourth-order valence-corrected chi connectivity index (χ4v) is 5.19. The van der Waals surface area contributed by atoms with Crippen LogP contribution < -0.4 is 0 Å². The van der Waals surface area contributed by atoms with Gasteiger partial charge < -0.3 is 9.51 Å². The Labute approximate surface area is 159 Å². The standard InChI is InChI=1S/C20H18N2O2S2/c1-13-5-4-6-16-19(13)14(12-26-16)11-15-20(25-10-8-18(23)24)21-17-7-2-3-9-22(15)17/h2-7,9,12H,8,10-11H2,1H3,(H,23,24). The first-order chi connectivity index (χ1) is 12.6. The van der Waals surface area contributed by atoms with Gasteiger partial charge in [0.1, 0.15) is 10.7 Å². The summed E-state index contributed by atoms with van der Waals surface area (Å²) in [4.78, 5) is 15.6. The maximum atomic E-state index is 10.8. The number of rotatable bonds is 6. The van der Waals surface area contributed by atoms with Crippen molar-refractivity contribution in [2.45, 2.75) is 24.8 Å². The van der Waals surface area contributed by atoms with Gasteiger partial charge in [0, 0.05) is 23.1 Å². The molecule has 0 unspecified atom stereocenters. The molecule has 3 heterocycles. The van der Waals surface area contributed by atoms with Crippen molar-refractivity contribution in [1.29, 1.82) is 0 Å². The number of benzene rings is 1. The molecule has 0 radical (unpaired) electrons. The highest BCUT2D eigenvalue weighted by Crippen LogP contribution is 2.33. The maximum absolute atomic E-state index is 10.8. The van der Waals surface area contributed by atoms with Crippen molar-refractivity contribution in [3.63, 3.8) is 0 Å². The van der Waals surface area contributed by atoms with Crippen LogP contribution in [0.15, 0.2) is 53.0 Å². The fourth-order valence-electron chi connectivity index (χ4n) is 3.19. The van der Waals surface area contributed by atoms with Crippen LogP contribution in [-0.4, -0.2) is 26.2 Å². The Kier molecular flexibility index (Phi) is 4.70. The van der Waals surface area contributed by atoms with E-state index < -0.39 is 5.97 Å². The molecule has 4 nitrogen and oxygen atoms in total. The van der Waals surface area contributed by atoms with Crippen LogP contribution in [0.5, 0.6) is 0 Å². The lowest BCUT2D eigenvalue weighted by atomic mass is 10.0. The molecule has 0 aliphatic heterocycles. The number of pyridine rings is 1. The van der Waals surface area contributed by atoms with E-state index in [0.29, 0.717) is 5.75 Å². The largest absolute Gasteiger partial charge is 0.481 e. The molecule has 3 aromatic heterocycles. The highest BCUT2D eigenvalue weighted by Gasteiger charge is 2.16. The molecule has 0 atom stereocenters. The van der Waals surface area contributed by atoms with Gasteiger partial charge in [-0.25, -0.2) is 4.98 Å². The Bertz CT molecular complexity index is 1100. The molecule has 4 rings (SSSR count). The Morgan fingerprint density at radius 2 is 2.15 bits per heavy atom. The summed E-state index contributed by atoms with van der Waals surface area (Å²) < 4.78 is 3.42. The van der Waals surface area contributed by atoms with Crippen molar-refractivity contribution in [2.75, 3.05) is 5.75 Å². The molecule has 132 valence electrons. The quantitative estimate of drug-likeness (QED) is 0.476. The normalized spacial score (nSPS) is 11.4. The van der Waals surface area contributed by atoms with Gasteiger partial charge in [-0.3, -0.25) is 4.79 Å². The predicted molar refractivity (Wildman–Crippen MR) is 108 cm³/mol. The number of aliphatic carboxylic acids is 1. The molecule has 0 saturated carbocycles. The zero-order chi connectivity index (χ0) is 18.1. The summed E-state index contributed by atoms with van der Waals surface area (Å²) in [5.41, 5.74) is 4.61. The molecule has 0 amide bonds. The van der Waals surface area contributed by atoms with Gasteiger partial charge >= 0.3 is 5.97 Å². The lowest BCUT2D eigenvalue weighted by Gasteiger charge is -2.06. The first kappa shape index (κ1) is 17.1. The summed E-state index contributed by atoms with van der Waals surface area (Å²) in [5, 5.41) is 13.4. The third-order valence-corrected chi connectivity index (χ3v) is 6.39. The van der Waals surface area contributed by atoms with Crippen LogP contribution in [0.1, 0.15) is 23.2 Å². The van der Waals surface area contributed by atoms with Crippen molar-refractivity contribution in [3.05, 3.63) is 64.8 Å². The van der Waals surface area contributed by atoms with Crippen LogP contribution in [-0.2, 0) is 11.2 Å². The zero-order valence-corrected chi connectivity index (χ0v) is 15.9. The van der Waals surface area contributed by atoms with Gasteiger partial charge in [0.2, 0.25) is 0 Å². The van der Waals surface area contributed by atoms with Gasteiger partial charge in [0.15, 0.2) is 0 Å². The molecule has 0 bridgehead atoms. The van der Waals surface area contributed by atoms with E-state index in [1.807, 2.05) is 24.4 Å². The molecular formula is C20H18N2O2S2. The van der Waals surface area contributed by atoms with Gasteiger partial charge in [-0.15, -0.1) is 23.1 Å². The molecule has 0 spiro atoms. The third kappa shape index (κ3) is 3.22. The molecule has 0 aliphatic rings. The highest BCUT2D eigenvalue weighted by atomic mass is 32.2. The van der Waals surface area contributed by atoms with Crippen molar-refractivity contribution >= 4 is 44.8 Å². The summed E-state index contributed by atoms with van der Waals surface area (Å²) in [6.07, 6.45) is 2.95. The van der Waals surface area contributed by atoms with E-state index in [9.17, 15) is 4.79 Å². The number of thioether (sulfide) groups is 1. The minimum atomic E-state index is -0.776. The Hall–Kier alpha value is -2.31. The number of nitrogens with zero attached hydrogens (tertiary/aromatic N) is 2. The predicted octanol–water partition coefficient (Wildman–Crippen LogP) is 5.02. The average molecular weight is 383 g/mol. The number of fused-ring (bicyclic) bond motifs is 2. The Balaban J connectivity index is 1.75.